The predicted octanol–water partition coefficient (Wildman–Crippen LogP) is 5.02. The number of carbonyl (C=O) groups excluding carboxylic acids is 2. The normalized spacial score (nSPS) is 18.0. The van der Waals surface area contributed by atoms with Crippen molar-refractivity contribution in [3.05, 3.63) is 62.9 Å². The quantitative estimate of drug-likeness (QED) is 0.580. The highest BCUT2D eigenvalue weighted by molar-refractivity contribution is 9.10. The zero-order valence-corrected chi connectivity index (χ0v) is 22.4. The lowest BCUT2D eigenvalue weighted by Gasteiger charge is -2.32. The first kappa shape index (κ1) is 25.7. The lowest BCUT2D eigenvalue weighted by molar-refractivity contribution is -0.133. The average Bonchev–Trinajstić information content (AvgIpc) is 3.04. The van der Waals surface area contributed by atoms with Crippen LogP contribution in [0.1, 0.15) is 66.5 Å². The minimum atomic E-state index is -0.337. The molecule has 1 aromatic carbocycles. The number of hydrogen-bond donors (Lipinski definition) is 1. The summed E-state index contributed by atoms with van der Waals surface area (Å²) in [7, 11) is 0. The highest BCUT2D eigenvalue weighted by Crippen LogP contribution is 2.26. The van der Waals surface area contributed by atoms with Gasteiger partial charge in [-0.25, -0.2) is 4.79 Å². The van der Waals surface area contributed by atoms with Crippen LogP contribution in [0.25, 0.3) is 0 Å². The van der Waals surface area contributed by atoms with Crippen molar-refractivity contribution in [1.82, 2.24) is 14.8 Å². The van der Waals surface area contributed by atoms with Gasteiger partial charge in [0.05, 0.1) is 0 Å². The molecule has 2 aliphatic heterocycles. The molecule has 1 aromatic heterocycles. The number of fused-ring (bicyclic) bond motifs is 2. The van der Waals surface area contributed by atoms with Crippen LogP contribution in [0.2, 0.25) is 0 Å². The van der Waals surface area contributed by atoms with Crippen LogP contribution in [0.5, 0.6) is 0 Å². The first-order valence-corrected chi connectivity index (χ1v) is 13.7. The van der Waals surface area contributed by atoms with E-state index in [1.54, 1.807) is 4.90 Å². The van der Waals surface area contributed by atoms with Crippen LogP contribution in [0, 0.1) is 12.8 Å². The van der Waals surface area contributed by atoms with E-state index in [4.69, 9.17) is 5.73 Å². The Balaban J connectivity index is 0.000000165. The SMILES string of the molecule is Cc1ccc2c(c1)CCc1cc(Br)cnc1C2.NC(=O)N1CCC(CC(=O)N2CCCCC2)CC1. The molecular weight excluding hydrogens is 504 g/mol. The smallest absolute Gasteiger partial charge is 0.314 e. The number of nitrogens with two attached hydrogens (primary N) is 1. The molecule has 2 saturated heterocycles. The Kier molecular flexibility index (Phi) is 8.82. The second kappa shape index (κ2) is 12.0. The molecule has 0 bridgehead atoms. The molecular formula is C28H37BrN4O2. The molecule has 35 heavy (non-hydrogen) atoms. The maximum Gasteiger partial charge on any atom is 0.314 e. The van der Waals surface area contributed by atoms with E-state index in [1.165, 1.54) is 34.4 Å². The van der Waals surface area contributed by atoms with Crippen LogP contribution in [0.3, 0.4) is 0 Å². The Morgan fingerprint density at radius 2 is 1.69 bits per heavy atom. The zero-order valence-electron chi connectivity index (χ0n) is 20.8. The number of nitrogens with zero attached hydrogens (tertiary/aromatic N) is 3. The van der Waals surface area contributed by atoms with E-state index >= 15 is 0 Å². The molecule has 3 heterocycles. The van der Waals surface area contributed by atoms with Crippen molar-refractivity contribution in [1.29, 1.82) is 0 Å². The van der Waals surface area contributed by atoms with Crippen LogP contribution < -0.4 is 5.73 Å². The standard InChI is InChI=1S/C15H14BrN.C13H23N3O2/c1-10-2-3-12-8-15-13(5-4-11(12)6-10)7-14(16)9-17-15;14-13(18)16-8-4-11(5-9-16)10-12(17)15-6-2-1-3-7-15/h2-3,6-7,9H,4-5,8H2,1H3;11H,1-10H2,(H2,14,18). The Morgan fingerprint density at radius 3 is 2.40 bits per heavy atom. The minimum absolute atomic E-state index is 0.298. The number of aromatic nitrogens is 1. The maximum absolute atomic E-state index is 12.1. The molecule has 0 radical (unpaired) electrons. The van der Waals surface area contributed by atoms with Crippen molar-refractivity contribution < 1.29 is 9.59 Å². The fourth-order valence-electron chi connectivity index (χ4n) is 5.37. The number of carbonyl (C=O) groups is 2. The van der Waals surface area contributed by atoms with Gasteiger partial charge in [-0.1, -0.05) is 23.8 Å². The molecule has 2 aromatic rings. The molecule has 0 spiro atoms. The molecule has 2 fully saturated rings. The number of benzene rings is 1. The zero-order chi connectivity index (χ0) is 24.8. The third kappa shape index (κ3) is 7.06. The van der Waals surface area contributed by atoms with Crippen LogP contribution >= 0.6 is 15.9 Å². The van der Waals surface area contributed by atoms with E-state index in [1.807, 2.05) is 11.1 Å². The van der Waals surface area contributed by atoms with Gasteiger partial charge in [0.15, 0.2) is 0 Å². The summed E-state index contributed by atoms with van der Waals surface area (Å²) >= 11 is 3.50. The third-order valence-electron chi connectivity index (χ3n) is 7.51. The number of aryl methyl sites for hydroxylation is 3. The second-order valence-corrected chi connectivity index (χ2v) is 11.0. The van der Waals surface area contributed by atoms with E-state index < -0.39 is 0 Å². The minimum Gasteiger partial charge on any atom is -0.351 e. The molecule has 3 amide bonds. The summed E-state index contributed by atoms with van der Waals surface area (Å²) in [5, 5.41) is 0. The summed E-state index contributed by atoms with van der Waals surface area (Å²) in [6.07, 6.45) is 11.1. The van der Waals surface area contributed by atoms with Gasteiger partial charge in [-0.15, -0.1) is 0 Å². The lowest BCUT2D eigenvalue weighted by Crippen LogP contribution is -2.43. The lowest BCUT2D eigenvalue weighted by atomic mass is 9.93. The van der Waals surface area contributed by atoms with Gasteiger partial charge in [0.2, 0.25) is 5.91 Å². The summed E-state index contributed by atoms with van der Waals surface area (Å²) in [6.45, 7) is 5.42. The van der Waals surface area contributed by atoms with Gasteiger partial charge in [0.1, 0.15) is 0 Å². The first-order valence-electron chi connectivity index (χ1n) is 12.9. The summed E-state index contributed by atoms with van der Waals surface area (Å²) in [6, 6.07) is 8.64. The van der Waals surface area contributed by atoms with Crippen molar-refractivity contribution in [2.45, 2.75) is 64.7 Å². The van der Waals surface area contributed by atoms with Gasteiger partial charge in [0.25, 0.3) is 0 Å². The van der Waals surface area contributed by atoms with Gasteiger partial charge < -0.3 is 15.5 Å². The number of piperidine rings is 2. The molecule has 6 nitrogen and oxygen atoms in total. The van der Waals surface area contributed by atoms with Crippen LogP contribution in [-0.4, -0.2) is 52.9 Å². The topological polar surface area (TPSA) is 79.5 Å². The first-order chi connectivity index (χ1) is 16.9. The number of urea groups is 1. The number of primary amides is 1. The Hall–Kier alpha value is -2.41. The molecule has 5 rings (SSSR count). The molecule has 0 saturated carbocycles. The van der Waals surface area contributed by atoms with Crippen molar-refractivity contribution >= 4 is 27.9 Å². The van der Waals surface area contributed by atoms with E-state index in [-0.39, 0.29) is 6.03 Å². The van der Waals surface area contributed by atoms with Crippen molar-refractivity contribution in [3.63, 3.8) is 0 Å². The highest BCUT2D eigenvalue weighted by Gasteiger charge is 2.25. The van der Waals surface area contributed by atoms with Crippen molar-refractivity contribution in [3.8, 4) is 0 Å². The monoisotopic (exact) mass is 540 g/mol. The number of likely N-dealkylation sites (tertiary alicyclic amines) is 2. The number of amides is 3. The van der Waals surface area contributed by atoms with E-state index in [9.17, 15) is 9.59 Å². The van der Waals surface area contributed by atoms with Crippen molar-refractivity contribution in [2.75, 3.05) is 26.2 Å². The number of pyridine rings is 1. The van der Waals surface area contributed by atoms with E-state index in [2.05, 4.69) is 52.1 Å². The molecule has 0 atom stereocenters. The second-order valence-electron chi connectivity index (χ2n) is 10.1. The summed E-state index contributed by atoms with van der Waals surface area (Å²) in [4.78, 5) is 31.3. The average molecular weight is 542 g/mol. The van der Waals surface area contributed by atoms with E-state index in [0.717, 1.165) is 62.5 Å². The summed E-state index contributed by atoms with van der Waals surface area (Å²) in [5.74, 6) is 0.724. The molecule has 188 valence electrons. The van der Waals surface area contributed by atoms with Gasteiger partial charge in [0, 0.05) is 55.4 Å². The van der Waals surface area contributed by atoms with Crippen LogP contribution in [0.4, 0.5) is 4.79 Å². The summed E-state index contributed by atoms with van der Waals surface area (Å²) in [5.41, 5.74) is 12.1. The molecule has 1 aliphatic carbocycles. The molecule has 3 aliphatic rings. The Bertz CT molecular complexity index is 992. The van der Waals surface area contributed by atoms with Gasteiger partial charge >= 0.3 is 6.03 Å². The van der Waals surface area contributed by atoms with Crippen molar-refractivity contribution in [2.24, 2.45) is 11.7 Å². The van der Waals surface area contributed by atoms with Gasteiger partial charge in [-0.2, -0.15) is 0 Å². The summed E-state index contributed by atoms with van der Waals surface area (Å²) < 4.78 is 1.08. The molecule has 2 N–H and O–H groups in total. The number of rotatable bonds is 2. The Labute approximate surface area is 217 Å². The van der Waals surface area contributed by atoms with Gasteiger partial charge in [-0.3, -0.25) is 9.78 Å². The maximum atomic E-state index is 12.1. The van der Waals surface area contributed by atoms with Crippen LogP contribution in [-0.2, 0) is 24.1 Å². The molecule has 0 unspecified atom stereocenters. The number of halogens is 1. The van der Waals surface area contributed by atoms with Crippen LogP contribution in [0.15, 0.2) is 34.9 Å². The van der Waals surface area contributed by atoms with Gasteiger partial charge in [-0.05, 0) is 96.5 Å². The number of hydrogen-bond acceptors (Lipinski definition) is 3. The fourth-order valence-corrected chi connectivity index (χ4v) is 5.75. The predicted molar refractivity (Wildman–Crippen MR) is 142 cm³/mol. The largest absolute Gasteiger partial charge is 0.351 e. The molecule has 7 heteroatoms. The highest BCUT2D eigenvalue weighted by atomic mass is 79.9. The Morgan fingerprint density at radius 1 is 0.971 bits per heavy atom. The fraction of sp³-hybridized carbons (Fsp3) is 0.536. The van der Waals surface area contributed by atoms with E-state index in [0.29, 0.717) is 31.3 Å². The third-order valence-corrected chi connectivity index (χ3v) is 7.94.